The number of fused-ring (bicyclic) bond motifs is 2. The third-order valence-electron chi connectivity index (χ3n) is 6.90. The van der Waals surface area contributed by atoms with Crippen LogP contribution in [0, 0.1) is 11.3 Å². The molecule has 0 amide bonds. The van der Waals surface area contributed by atoms with Gasteiger partial charge in [0.05, 0.1) is 0 Å². The van der Waals surface area contributed by atoms with E-state index < -0.39 is 0 Å². The van der Waals surface area contributed by atoms with Crippen molar-refractivity contribution in [3.8, 4) is 0 Å². The van der Waals surface area contributed by atoms with E-state index in [0.717, 1.165) is 0 Å². The number of aromatic nitrogens is 1. The van der Waals surface area contributed by atoms with Gasteiger partial charge in [0.25, 0.3) is 0 Å². The second-order valence-corrected chi connectivity index (χ2v) is 8.28. The quantitative estimate of drug-likeness (QED) is 0.708. The molecule has 1 N–H and O–H groups in total. The molecule has 122 valence electrons. The molecule has 0 bridgehead atoms. The fraction of sp³-hybridized carbons (Fsp3) is 0.524. The maximum Gasteiger partial charge on any atom is 0.0459 e. The first-order valence-electron chi connectivity index (χ1n) is 8.77. The Morgan fingerprint density at radius 1 is 1.30 bits per heavy atom. The summed E-state index contributed by atoms with van der Waals surface area (Å²) in [6.07, 6.45) is 6.82. The predicted octanol–water partition coefficient (Wildman–Crippen LogP) is 5.52. The minimum Gasteiger partial charge on any atom is -0.661 e. The van der Waals surface area contributed by atoms with E-state index in [4.69, 9.17) is 5.32 Å². The average Bonchev–Trinajstić information content (AvgIpc) is 2.97. The fourth-order valence-electron chi connectivity index (χ4n) is 5.51. The van der Waals surface area contributed by atoms with Gasteiger partial charge in [-0.15, -0.1) is 12.6 Å². The molecule has 4 rings (SSSR count). The number of hydrogen-bond acceptors (Lipinski definition) is 0. The summed E-state index contributed by atoms with van der Waals surface area (Å²) in [7, 11) is 1.99. The zero-order valence-corrected chi connectivity index (χ0v) is 14.7. The summed E-state index contributed by atoms with van der Waals surface area (Å²) in [5.74, 6) is 1.12. The smallest absolute Gasteiger partial charge is 0.0459 e. The molecule has 0 saturated heterocycles. The largest absolute Gasteiger partial charge is 0.661 e. The van der Waals surface area contributed by atoms with Crippen LogP contribution in [-0.2, 0) is 5.41 Å². The van der Waals surface area contributed by atoms with Gasteiger partial charge in [-0.1, -0.05) is 39.0 Å². The highest BCUT2D eigenvalue weighted by atomic mass is 14.9. The first kappa shape index (κ1) is 15.0. The van der Waals surface area contributed by atoms with Gasteiger partial charge in [-0.3, -0.25) is 0 Å². The summed E-state index contributed by atoms with van der Waals surface area (Å²) >= 11 is 0. The van der Waals surface area contributed by atoms with Gasteiger partial charge in [-0.25, -0.2) is 0 Å². The lowest BCUT2D eigenvalue weighted by Crippen LogP contribution is -2.49. The van der Waals surface area contributed by atoms with Crippen LogP contribution in [0.2, 0.25) is 0 Å². The molecule has 2 aromatic rings. The van der Waals surface area contributed by atoms with E-state index in [1.807, 2.05) is 7.05 Å². The number of rotatable bonds is 2. The summed E-state index contributed by atoms with van der Waals surface area (Å²) in [4.78, 5) is 3.51. The molecule has 0 spiro atoms. The molecular formula is C21H27N2-. The molecule has 23 heavy (non-hydrogen) atoms. The van der Waals surface area contributed by atoms with Gasteiger partial charge >= 0.3 is 0 Å². The maximum atomic E-state index is 4.88. The Morgan fingerprint density at radius 2 is 2.09 bits per heavy atom. The molecule has 1 aromatic carbocycles. The zero-order chi connectivity index (χ0) is 16.4. The SMILES string of the molecule is C=C[C@@]1(C)CC[C@@H]2[C@H](c3c[nH]c4cccc(c34)C2(C)C)[C@H]1[N-]C. The van der Waals surface area contributed by atoms with Gasteiger partial charge in [0.2, 0.25) is 0 Å². The molecule has 1 fully saturated rings. The standard InChI is InChI=1S/C21H27N2/c1-6-21(4)11-10-15-18(19(21)22-5)13-12-23-16-9-7-8-14(17(13)16)20(15,2)3/h6-9,12,15,18-19,23H,1,10-11H2,2-5H3/q-1/t15-,18+,19-,21+/m1/s1. The molecule has 1 saturated carbocycles. The molecular weight excluding hydrogens is 280 g/mol. The Bertz CT molecular complexity index is 769. The van der Waals surface area contributed by atoms with Crippen molar-refractivity contribution in [2.75, 3.05) is 7.05 Å². The van der Waals surface area contributed by atoms with Crippen LogP contribution in [0.15, 0.2) is 37.1 Å². The second kappa shape index (κ2) is 4.73. The van der Waals surface area contributed by atoms with Crippen LogP contribution < -0.4 is 0 Å². The van der Waals surface area contributed by atoms with Gasteiger partial charge in [0.15, 0.2) is 0 Å². The summed E-state index contributed by atoms with van der Waals surface area (Å²) < 4.78 is 0. The monoisotopic (exact) mass is 307 g/mol. The molecule has 1 heterocycles. The third-order valence-corrected chi connectivity index (χ3v) is 6.90. The lowest BCUT2D eigenvalue weighted by Gasteiger charge is -2.60. The highest BCUT2D eigenvalue weighted by Crippen LogP contribution is 2.60. The summed E-state index contributed by atoms with van der Waals surface area (Å²) in [5.41, 5.74) is 4.53. The predicted molar refractivity (Wildman–Crippen MR) is 98.2 cm³/mol. The fourth-order valence-corrected chi connectivity index (χ4v) is 5.51. The molecule has 2 aliphatic carbocycles. The molecule has 1 aromatic heterocycles. The van der Waals surface area contributed by atoms with Crippen LogP contribution in [-0.4, -0.2) is 18.1 Å². The normalized spacial score (nSPS) is 35.0. The number of H-pyrrole nitrogens is 1. The lowest BCUT2D eigenvalue weighted by molar-refractivity contribution is 0.116. The minimum atomic E-state index is 0.0991. The van der Waals surface area contributed by atoms with Crippen molar-refractivity contribution >= 4 is 10.9 Å². The van der Waals surface area contributed by atoms with Crippen LogP contribution in [0.25, 0.3) is 16.2 Å². The van der Waals surface area contributed by atoms with E-state index in [-0.39, 0.29) is 10.8 Å². The molecule has 0 aliphatic heterocycles. The minimum absolute atomic E-state index is 0.0991. The number of hydrogen-bond donors (Lipinski definition) is 1. The summed E-state index contributed by atoms with van der Waals surface area (Å²) in [6, 6.07) is 7.03. The summed E-state index contributed by atoms with van der Waals surface area (Å²) in [5, 5.41) is 6.32. The van der Waals surface area contributed by atoms with Crippen molar-refractivity contribution in [1.82, 2.24) is 4.98 Å². The Morgan fingerprint density at radius 3 is 2.78 bits per heavy atom. The van der Waals surface area contributed by atoms with E-state index >= 15 is 0 Å². The topological polar surface area (TPSA) is 29.9 Å². The van der Waals surface area contributed by atoms with Crippen molar-refractivity contribution in [1.29, 1.82) is 0 Å². The van der Waals surface area contributed by atoms with E-state index in [0.29, 0.717) is 17.9 Å². The Labute approximate surface area is 139 Å². The van der Waals surface area contributed by atoms with Gasteiger partial charge in [0.1, 0.15) is 0 Å². The van der Waals surface area contributed by atoms with Gasteiger partial charge < -0.3 is 10.3 Å². The zero-order valence-electron chi connectivity index (χ0n) is 14.7. The lowest BCUT2D eigenvalue weighted by atomic mass is 9.51. The number of nitrogens with zero attached hydrogens (tertiary/aromatic N) is 1. The molecule has 0 radical (unpaired) electrons. The molecule has 0 unspecified atom stereocenters. The van der Waals surface area contributed by atoms with E-state index in [9.17, 15) is 0 Å². The van der Waals surface area contributed by atoms with E-state index in [1.54, 1.807) is 0 Å². The second-order valence-electron chi connectivity index (χ2n) is 8.28. The van der Waals surface area contributed by atoms with Crippen molar-refractivity contribution in [3.63, 3.8) is 0 Å². The Hall–Kier alpha value is -1.54. The van der Waals surface area contributed by atoms with Crippen LogP contribution >= 0.6 is 0 Å². The van der Waals surface area contributed by atoms with Gasteiger partial charge in [-0.05, 0) is 52.7 Å². The van der Waals surface area contributed by atoms with Crippen molar-refractivity contribution < 1.29 is 0 Å². The van der Waals surface area contributed by atoms with Crippen LogP contribution in [0.4, 0.5) is 0 Å². The maximum absolute atomic E-state index is 4.88. The van der Waals surface area contributed by atoms with Gasteiger partial charge in [0, 0.05) is 17.1 Å². The van der Waals surface area contributed by atoms with Crippen molar-refractivity contribution in [2.24, 2.45) is 11.3 Å². The van der Waals surface area contributed by atoms with E-state index in [2.05, 4.69) is 62.8 Å². The first-order chi connectivity index (χ1) is 10.9. The number of nitrogens with one attached hydrogen (secondary N) is 1. The molecule has 2 heteroatoms. The van der Waals surface area contributed by atoms with Gasteiger partial charge in [-0.2, -0.15) is 7.05 Å². The molecule has 2 aliphatic rings. The molecule has 2 nitrogen and oxygen atoms in total. The molecule has 4 atom stereocenters. The van der Waals surface area contributed by atoms with Crippen LogP contribution in [0.3, 0.4) is 0 Å². The van der Waals surface area contributed by atoms with Crippen LogP contribution in [0.5, 0.6) is 0 Å². The number of aromatic amines is 1. The highest BCUT2D eigenvalue weighted by Gasteiger charge is 2.50. The number of likely N-dealkylation sites (N-methyl/N-ethyl adjacent to an activating group) is 1. The van der Waals surface area contributed by atoms with Crippen molar-refractivity contribution in [2.45, 2.75) is 51.0 Å². The highest BCUT2D eigenvalue weighted by molar-refractivity contribution is 5.89. The van der Waals surface area contributed by atoms with E-state index in [1.165, 1.54) is 34.9 Å². The first-order valence-corrected chi connectivity index (χ1v) is 8.77. The Kier molecular flexibility index (Phi) is 3.09. The summed E-state index contributed by atoms with van der Waals surface area (Å²) in [6.45, 7) is 11.3. The van der Waals surface area contributed by atoms with Crippen molar-refractivity contribution in [3.05, 3.63) is 53.5 Å². The average molecular weight is 307 g/mol. The number of benzene rings is 1. The Balaban J connectivity index is 2.00. The third kappa shape index (κ3) is 1.79. The van der Waals surface area contributed by atoms with Crippen LogP contribution in [0.1, 0.15) is 50.7 Å².